The van der Waals surface area contributed by atoms with Gasteiger partial charge in [-0.25, -0.2) is 0 Å². The Morgan fingerprint density at radius 2 is 1.76 bits per heavy atom. The first kappa shape index (κ1) is 17.3. The summed E-state index contributed by atoms with van der Waals surface area (Å²) >= 11 is 0. The van der Waals surface area contributed by atoms with Crippen LogP contribution in [0.2, 0.25) is 0 Å². The van der Waals surface area contributed by atoms with Gasteiger partial charge in [0.1, 0.15) is 11.3 Å². The number of nitrogens with one attached hydrogen (secondary N) is 1. The number of pyridine rings is 1. The number of aromatic hydroxyl groups is 1. The molecule has 2 aromatic rings. The summed E-state index contributed by atoms with van der Waals surface area (Å²) in [6.45, 7) is 0. The van der Waals surface area contributed by atoms with Crippen molar-refractivity contribution >= 4 is 12.0 Å². The molecule has 1 aliphatic carbocycles. The highest BCUT2D eigenvalue weighted by Gasteiger charge is 2.26. The highest BCUT2D eigenvalue weighted by Crippen LogP contribution is 2.42. The van der Waals surface area contributed by atoms with Crippen LogP contribution in [0.15, 0.2) is 29.1 Å². The molecule has 0 bridgehead atoms. The molecule has 1 aliphatic rings. The van der Waals surface area contributed by atoms with Gasteiger partial charge in [0.25, 0.3) is 5.56 Å². The number of aldehydes is 1. The number of aromatic amines is 1. The Balaban J connectivity index is 2.17. The second kappa shape index (κ2) is 7.13. The monoisotopic (exact) mass is 340 g/mol. The van der Waals surface area contributed by atoms with Crippen LogP contribution in [0.4, 0.5) is 5.69 Å². The summed E-state index contributed by atoms with van der Waals surface area (Å²) in [5.74, 6) is 0.00478. The van der Waals surface area contributed by atoms with Crippen molar-refractivity contribution in [1.82, 2.24) is 4.98 Å². The molecule has 0 amide bonds. The lowest BCUT2D eigenvalue weighted by atomic mass is 9.81. The number of rotatable bonds is 4. The topological polar surface area (TPSA) is 73.4 Å². The van der Waals surface area contributed by atoms with Crippen LogP contribution in [0.1, 0.15) is 53.9 Å². The molecule has 1 fully saturated rings. The highest BCUT2D eigenvalue weighted by atomic mass is 16.3. The molecule has 1 aromatic heterocycles. The molecule has 0 unspecified atom stereocenters. The van der Waals surface area contributed by atoms with Crippen LogP contribution in [0, 0.1) is 0 Å². The number of hydrogen-bond donors (Lipinski definition) is 2. The van der Waals surface area contributed by atoms with Gasteiger partial charge in [0.15, 0.2) is 6.29 Å². The SMILES string of the molecule is CN(C)c1ccc(-c2[nH]c(=O)c(C=O)c(O)c2C2CCCCC2)cc1. The number of benzene rings is 1. The number of carbonyl (C=O) groups excluding carboxylic acids is 1. The fourth-order valence-electron chi connectivity index (χ4n) is 3.67. The molecule has 0 saturated heterocycles. The zero-order valence-corrected chi connectivity index (χ0v) is 14.7. The van der Waals surface area contributed by atoms with E-state index in [2.05, 4.69) is 4.98 Å². The van der Waals surface area contributed by atoms with E-state index in [0.29, 0.717) is 17.5 Å². The van der Waals surface area contributed by atoms with Crippen molar-refractivity contribution < 1.29 is 9.90 Å². The van der Waals surface area contributed by atoms with Crippen LogP contribution in [0.5, 0.6) is 5.75 Å². The first-order valence-corrected chi connectivity index (χ1v) is 8.75. The van der Waals surface area contributed by atoms with Crippen molar-refractivity contribution in [2.24, 2.45) is 0 Å². The predicted octanol–water partition coefficient (Wildman–Crippen LogP) is 3.67. The van der Waals surface area contributed by atoms with Crippen LogP contribution in [-0.4, -0.2) is 30.5 Å². The summed E-state index contributed by atoms with van der Waals surface area (Å²) in [5.41, 5.74) is 2.52. The third-order valence-electron chi connectivity index (χ3n) is 5.07. The van der Waals surface area contributed by atoms with Gasteiger partial charge < -0.3 is 15.0 Å². The van der Waals surface area contributed by atoms with Gasteiger partial charge in [0.2, 0.25) is 0 Å². The standard InChI is InChI=1S/C20H24N2O3/c1-22(2)15-10-8-14(9-11-15)18-17(13-6-4-3-5-7-13)19(24)16(12-23)20(25)21-18/h8-13H,3-7H2,1-2H3,(H2,21,24,25). The van der Waals surface area contributed by atoms with E-state index in [-0.39, 0.29) is 17.2 Å². The Kier molecular flexibility index (Phi) is 4.93. The lowest BCUT2D eigenvalue weighted by Crippen LogP contribution is -2.18. The van der Waals surface area contributed by atoms with E-state index in [4.69, 9.17) is 0 Å². The van der Waals surface area contributed by atoms with Gasteiger partial charge in [-0.2, -0.15) is 0 Å². The summed E-state index contributed by atoms with van der Waals surface area (Å²) in [7, 11) is 3.93. The molecule has 132 valence electrons. The molecule has 2 N–H and O–H groups in total. The molecule has 1 saturated carbocycles. The van der Waals surface area contributed by atoms with Crippen molar-refractivity contribution in [2.45, 2.75) is 38.0 Å². The van der Waals surface area contributed by atoms with Gasteiger partial charge in [0, 0.05) is 25.3 Å². The summed E-state index contributed by atoms with van der Waals surface area (Å²) in [5, 5.41) is 10.6. The molecule has 0 spiro atoms. The molecule has 1 aromatic carbocycles. The highest BCUT2D eigenvalue weighted by molar-refractivity contribution is 5.82. The fourth-order valence-corrected chi connectivity index (χ4v) is 3.67. The van der Waals surface area contributed by atoms with Crippen LogP contribution in [0.3, 0.4) is 0 Å². The number of H-pyrrole nitrogens is 1. The molecular formula is C20H24N2O3. The first-order chi connectivity index (χ1) is 12.0. The van der Waals surface area contributed by atoms with Gasteiger partial charge in [-0.05, 0) is 36.5 Å². The van der Waals surface area contributed by atoms with Crippen LogP contribution in [-0.2, 0) is 0 Å². The Morgan fingerprint density at radius 3 is 2.32 bits per heavy atom. The second-order valence-electron chi connectivity index (χ2n) is 6.90. The number of aromatic nitrogens is 1. The first-order valence-electron chi connectivity index (χ1n) is 8.75. The molecule has 5 heteroatoms. The molecule has 0 atom stereocenters. The zero-order chi connectivity index (χ0) is 18.0. The zero-order valence-electron chi connectivity index (χ0n) is 14.7. The maximum absolute atomic E-state index is 12.2. The van der Waals surface area contributed by atoms with E-state index >= 15 is 0 Å². The van der Waals surface area contributed by atoms with Crippen molar-refractivity contribution in [1.29, 1.82) is 0 Å². The minimum absolute atomic E-state index is 0.155. The Bertz CT molecular complexity index is 816. The van der Waals surface area contributed by atoms with Crippen molar-refractivity contribution in [2.75, 3.05) is 19.0 Å². The van der Waals surface area contributed by atoms with Crippen molar-refractivity contribution in [3.8, 4) is 17.0 Å². The molecule has 1 heterocycles. The van der Waals surface area contributed by atoms with Gasteiger partial charge >= 0.3 is 0 Å². The van der Waals surface area contributed by atoms with Gasteiger partial charge in [-0.1, -0.05) is 31.4 Å². The average Bonchev–Trinajstić information content (AvgIpc) is 2.62. The Labute approximate surface area is 147 Å². The average molecular weight is 340 g/mol. The van der Waals surface area contributed by atoms with E-state index in [1.54, 1.807) is 0 Å². The number of nitrogens with zero attached hydrogens (tertiary/aromatic N) is 1. The van der Waals surface area contributed by atoms with E-state index in [9.17, 15) is 14.7 Å². The van der Waals surface area contributed by atoms with Crippen LogP contribution in [0.25, 0.3) is 11.3 Å². The summed E-state index contributed by atoms with van der Waals surface area (Å²) in [6, 6.07) is 7.83. The Morgan fingerprint density at radius 1 is 1.12 bits per heavy atom. The van der Waals surface area contributed by atoms with Crippen molar-refractivity contribution in [3.63, 3.8) is 0 Å². The molecular weight excluding hydrogens is 316 g/mol. The maximum atomic E-state index is 12.2. The number of anilines is 1. The van der Waals surface area contributed by atoms with E-state index < -0.39 is 5.56 Å². The molecule has 3 rings (SSSR count). The predicted molar refractivity (Wildman–Crippen MR) is 99.7 cm³/mol. The van der Waals surface area contributed by atoms with Crippen LogP contribution < -0.4 is 10.5 Å². The van der Waals surface area contributed by atoms with E-state index in [0.717, 1.165) is 36.9 Å². The Hall–Kier alpha value is -2.56. The van der Waals surface area contributed by atoms with Gasteiger partial charge in [0.05, 0.1) is 5.69 Å². The molecule has 25 heavy (non-hydrogen) atoms. The molecule has 5 nitrogen and oxygen atoms in total. The molecule has 0 radical (unpaired) electrons. The third kappa shape index (κ3) is 3.31. The fraction of sp³-hybridized carbons (Fsp3) is 0.400. The van der Waals surface area contributed by atoms with Crippen molar-refractivity contribution in [3.05, 3.63) is 45.7 Å². The maximum Gasteiger partial charge on any atom is 0.262 e. The van der Waals surface area contributed by atoms with Crippen LogP contribution >= 0.6 is 0 Å². The number of carbonyl (C=O) groups is 1. The lowest BCUT2D eigenvalue weighted by Gasteiger charge is -2.25. The van der Waals surface area contributed by atoms with Gasteiger partial charge in [-0.3, -0.25) is 9.59 Å². The second-order valence-corrected chi connectivity index (χ2v) is 6.90. The summed E-state index contributed by atoms with van der Waals surface area (Å²) in [6.07, 6.45) is 5.74. The largest absolute Gasteiger partial charge is 0.507 e. The summed E-state index contributed by atoms with van der Waals surface area (Å²) in [4.78, 5) is 28.3. The quantitative estimate of drug-likeness (QED) is 0.833. The van der Waals surface area contributed by atoms with Gasteiger partial charge in [-0.15, -0.1) is 0 Å². The minimum Gasteiger partial charge on any atom is -0.507 e. The third-order valence-corrected chi connectivity index (χ3v) is 5.07. The summed E-state index contributed by atoms with van der Waals surface area (Å²) < 4.78 is 0. The minimum atomic E-state index is -0.543. The van der Waals surface area contributed by atoms with E-state index in [1.165, 1.54) is 6.42 Å². The molecule has 0 aliphatic heterocycles. The smallest absolute Gasteiger partial charge is 0.262 e. The van der Waals surface area contributed by atoms with E-state index in [1.807, 2.05) is 43.3 Å². The number of hydrogen-bond acceptors (Lipinski definition) is 4. The lowest BCUT2D eigenvalue weighted by molar-refractivity contribution is 0.111. The normalized spacial score (nSPS) is 15.1.